The highest BCUT2D eigenvalue weighted by Gasteiger charge is 2.30. The van der Waals surface area contributed by atoms with Gasteiger partial charge in [-0.2, -0.15) is 5.10 Å². The first-order valence-electron chi connectivity index (χ1n) is 5.77. The Morgan fingerprint density at radius 3 is 2.67 bits per heavy atom. The number of carboxylic acids is 1. The number of benzene rings is 1. The van der Waals surface area contributed by atoms with Crippen LogP contribution in [-0.4, -0.2) is 20.9 Å². The molecule has 1 N–H and O–H groups in total. The lowest BCUT2D eigenvalue weighted by Gasteiger charge is -2.19. The number of aryl methyl sites for hydroxylation is 1. The van der Waals surface area contributed by atoms with E-state index < -0.39 is 11.5 Å². The molecule has 18 heavy (non-hydrogen) atoms. The van der Waals surface area contributed by atoms with Crippen LogP contribution in [0, 0.1) is 6.92 Å². The van der Waals surface area contributed by atoms with Crippen molar-refractivity contribution in [2.45, 2.75) is 26.3 Å². The maximum absolute atomic E-state index is 11.2. The van der Waals surface area contributed by atoms with Crippen LogP contribution in [0.1, 0.15) is 19.4 Å². The Morgan fingerprint density at radius 2 is 2.06 bits per heavy atom. The molecule has 0 bridgehead atoms. The summed E-state index contributed by atoms with van der Waals surface area (Å²) in [4.78, 5) is 11.2. The predicted octanol–water partition coefficient (Wildman–Crippen LogP) is 2.68. The zero-order valence-electron chi connectivity index (χ0n) is 10.7. The Balaban J connectivity index is 2.40. The summed E-state index contributed by atoms with van der Waals surface area (Å²) in [5, 5.41) is 13.3. The minimum absolute atomic E-state index is 0.901. The summed E-state index contributed by atoms with van der Waals surface area (Å²) in [6.07, 6.45) is 3.46. The van der Waals surface area contributed by atoms with Gasteiger partial charge in [0.15, 0.2) is 5.54 Å². The number of aromatic nitrogens is 2. The second-order valence-electron chi connectivity index (χ2n) is 4.91. The molecular weight excluding hydrogens is 228 g/mol. The molecule has 2 aromatic rings. The van der Waals surface area contributed by atoms with Gasteiger partial charge >= 0.3 is 5.97 Å². The largest absolute Gasteiger partial charge is 0.479 e. The van der Waals surface area contributed by atoms with Crippen LogP contribution in [0.2, 0.25) is 0 Å². The molecular formula is C14H16N2O2. The third-order valence-corrected chi connectivity index (χ3v) is 3.03. The van der Waals surface area contributed by atoms with Crippen molar-refractivity contribution < 1.29 is 9.90 Å². The number of nitrogens with zero attached hydrogens (tertiary/aromatic N) is 2. The summed E-state index contributed by atoms with van der Waals surface area (Å²) < 4.78 is 1.48. The molecule has 0 spiro atoms. The van der Waals surface area contributed by atoms with Crippen LogP contribution in [0.4, 0.5) is 0 Å². The summed E-state index contributed by atoms with van der Waals surface area (Å²) in [5.41, 5.74) is 2.09. The van der Waals surface area contributed by atoms with Gasteiger partial charge in [-0.25, -0.2) is 4.79 Å². The Hall–Kier alpha value is -2.10. The molecule has 2 rings (SSSR count). The molecule has 4 heteroatoms. The Morgan fingerprint density at radius 1 is 1.33 bits per heavy atom. The van der Waals surface area contributed by atoms with E-state index in [0.29, 0.717) is 0 Å². The average Bonchev–Trinajstić information content (AvgIpc) is 2.78. The van der Waals surface area contributed by atoms with Gasteiger partial charge in [-0.3, -0.25) is 4.68 Å². The van der Waals surface area contributed by atoms with Crippen molar-refractivity contribution in [1.82, 2.24) is 9.78 Å². The highest BCUT2D eigenvalue weighted by Crippen LogP contribution is 2.23. The van der Waals surface area contributed by atoms with Crippen molar-refractivity contribution in [3.05, 3.63) is 42.2 Å². The van der Waals surface area contributed by atoms with Crippen LogP contribution in [-0.2, 0) is 10.3 Å². The SMILES string of the molecule is Cc1cccc(-c2cnn(C(C)(C)C(=O)O)c2)c1. The summed E-state index contributed by atoms with van der Waals surface area (Å²) in [6, 6.07) is 8.04. The normalized spacial score (nSPS) is 11.5. The molecule has 1 aromatic heterocycles. The fourth-order valence-corrected chi connectivity index (χ4v) is 1.70. The van der Waals surface area contributed by atoms with E-state index in [1.54, 1.807) is 26.2 Å². The van der Waals surface area contributed by atoms with Gasteiger partial charge in [0.05, 0.1) is 6.20 Å². The van der Waals surface area contributed by atoms with E-state index in [1.165, 1.54) is 4.68 Å². The van der Waals surface area contributed by atoms with Crippen LogP contribution in [0.3, 0.4) is 0 Å². The Kier molecular flexibility index (Phi) is 2.95. The molecule has 0 aliphatic carbocycles. The molecule has 0 aliphatic heterocycles. The van der Waals surface area contributed by atoms with E-state index in [1.807, 2.05) is 25.1 Å². The molecule has 0 saturated carbocycles. The van der Waals surface area contributed by atoms with Crippen LogP contribution in [0.25, 0.3) is 11.1 Å². The van der Waals surface area contributed by atoms with E-state index in [4.69, 9.17) is 5.11 Å². The highest BCUT2D eigenvalue weighted by molar-refractivity contribution is 5.76. The van der Waals surface area contributed by atoms with Crippen LogP contribution in [0.15, 0.2) is 36.7 Å². The Labute approximate surface area is 106 Å². The third-order valence-electron chi connectivity index (χ3n) is 3.03. The first-order chi connectivity index (χ1) is 8.41. The smallest absolute Gasteiger partial charge is 0.331 e. The molecule has 94 valence electrons. The van der Waals surface area contributed by atoms with Gasteiger partial charge in [0, 0.05) is 11.8 Å². The molecule has 0 atom stereocenters. The summed E-state index contributed by atoms with van der Waals surface area (Å²) in [6.45, 7) is 5.28. The van der Waals surface area contributed by atoms with Crippen LogP contribution in [0.5, 0.6) is 0 Å². The van der Waals surface area contributed by atoms with Crippen molar-refractivity contribution in [1.29, 1.82) is 0 Å². The third kappa shape index (κ3) is 2.14. The maximum Gasteiger partial charge on any atom is 0.331 e. The van der Waals surface area contributed by atoms with Crippen molar-refractivity contribution in [3.63, 3.8) is 0 Å². The number of carbonyl (C=O) groups is 1. The fourth-order valence-electron chi connectivity index (χ4n) is 1.70. The van der Waals surface area contributed by atoms with Crippen molar-refractivity contribution in [2.75, 3.05) is 0 Å². The average molecular weight is 244 g/mol. The van der Waals surface area contributed by atoms with Gasteiger partial charge in [-0.05, 0) is 26.3 Å². The summed E-state index contributed by atoms with van der Waals surface area (Å²) >= 11 is 0. The molecule has 0 amide bonds. The minimum Gasteiger partial charge on any atom is -0.479 e. The molecule has 4 nitrogen and oxygen atoms in total. The molecule has 0 radical (unpaired) electrons. The van der Waals surface area contributed by atoms with Crippen molar-refractivity contribution in [3.8, 4) is 11.1 Å². The maximum atomic E-state index is 11.2. The number of aliphatic carboxylic acids is 1. The molecule has 0 fully saturated rings. The number of rotatable bonds is 3. The zero-order chi connectivity index (χ0) is 13.3. The van der Waals surface area contributed by atoms with E-state index in [9.17, 15) is 4.79 Å². The summed E-state index contributed by atoms with van der Waals surface area (Å²) in [5.74, 6) is -0.901. The molecule has 1 aromatic carbocycles. The second kappa shape index (κ2) is 4.29. The Bertz CT molecular complexity index is 585. The van der Waals surface area contributed by atoms with Crippen molar-refractivity contribution in [2.24, 2.45) is 0 Å². The minimum atomic E-state index is -1.04. The topological polar surface area (TPSA) is 55.1 Å². The van der Waals surface area contributed by atoms with Gasteiger partial charge in [0.2, 0.25) is 0 Å². The number of hydrogen-bond donors (Lipinski definition) is 1. The van der Waals surface area contributed by atoms with Crippen LogP contribution >= 0.6 is 0 Å². The first-order valence-corrected chi connectivity index (χ1v) is 5.77. The lowest BCUT2D eigenvalue weighted by molar-refractivity contribution is -0.146. The first kappa shape index (κ1) is 12.4. The zero-order valence-corrected chi connectivity index (χ0v) is 10.7. The molecule has 0 unspecified atom stereocenters. The summed E-state index contributed by atoms with van der Waals surface area (Å²) in [7, 11) is 0. The van der Waals surface area contributed by atoms with Gasteiger partial charge in [0.1, 0.15) is 0 Å². The van der Waals surface area contributed by atoms with E-state index in [0.717, 1.165) is 16.7 Å². The van der Waals surface area contributed by atoms with Gasteiger partial charge in [-0.1, -0.05) is 29.8 Å². The second-order valence-corrected chi connectivity index (χ2v) is 4.91. The van der Waals surface area contributed by atoms with Gasteiger partial charge in [0.25, 0.3) is 0 Å². The highest BCUT2D eigenvalue weighted by atomic mass is 16.4. The van der Waals surface area contributed by atoms with E-state index >= 15 is 0 Å². The quantitative estimate of drug-likeness (QED) is 0.903. The molecule has 1 heterocycles. The fraction of sp³-hybridized carbons (Fsp3) is 0.286. The molecule has 0 saturated heterocycles. The molecule has 0 aliphatic rings. The monoisotopic (exact) mass is 244 g/mol. The van der Waals surface area contributed by atoms with Crippen LogP contribution < -0.4 is 0 Å². The predicted molar refractivity (Wildman–Crippen MR) is 69.4 cm³/mol. The lowest BCUT2D eigenvalue weighted by atomic mass is 10.1. The van der Waals surface area contributed by atoms with Gasteiger partial charge < -0.3 is 5.11 Å². The van der Waals surface area contributed by atoms with E-state index in [2.05, 4.69) is 11.2 Å². The van der Waals surface area contributed by atoms with E-state index in [-0.39, 0.29) is 0 Å². The lowest BCUT2D eigenvalue weighted by Crippen LogP contribution is -2.35. The standard InChI is InChI=1S/C14H16N2O2/c1-10-5-4-6-11(7-10)12-8-15-16(9-12)14(2,3)13(17)18/h4-9H,1-3H3,(H,17,18). The number of hydrogen-bond acceptors (Lipinski definition) is 2. The van der Waals surface area contributed by atoms with Crippen molar-refractivity contribution >= 4 is 5.97 Å². The van der Waals surface area contributed by atoms with Gasteiger partial charge in [-0.15, -0.1) is 0 Å². The number of carboxylic acid groups (broad SMARTS) is 1.